The van der Waals surface area contributed by atoms with Crippen molar-refractivity contribution in [1.82, 2.24) is 0 Å². The van der Waals surface area contributed by atoms with E-state index < -0.39 is 0 Å². The Bertz CT molecular complexity index is 239. The molecular weight excluding hydrogens is 162 g/mol. The molecule has 1 saturated heterocycles. The van der Waals surface area contributed by atoms with Crippen molar-refractivity contribution < 1.29 is 9.53 Å². The molecule has 4 heteroatoms. The van der Waals surface area contributed by atoms with E-state index in [9.17, 15) is 4.79 Å². The van der Waals surface area contributed by atoms with Gasteiger partial charge in [-0.3, -0.25) is 9.79 Å². The SMILES string of the molecule is C[C@]1(C2=NCCO2)CSC1=O. The van der Waals surface area contributed by atoms with Gasteiger partial charge in [-0.2, -0.15) is 0 Å². The van der Waals surface area contributed by atoms with Gasteiger partial charge in [-0.15, -0.1) is 0 Å². The smallest absolute Gasteiger partial charge is 0.204 e. The molecule has 0 radical (unpaired) electrons. The molecule has 0 N–H and O–H groups in total. The Morgan fingerprint density at radius 3 is 2.91 bits per heavy atom. The topological polar surface area (TPSA) is 38.7 Å². The zero-order chi connectivity index (χ0) is 7.90. The first-order valence-corrected chi connectivity index (χ1v) is 4.57. The van der Waals surface area contributed by atoms with E-state index in [4.69, 9.17) is 4.74 Å². The number of nitrogens with zero attached hydrogens (tertiary/aromatic N) is 1. The number of ether oxygens (including phenoxy) is 1. The van der Waals surface area contributed by atoms with Crippen LogP contribution in [-0.4, -0.2) is 29.9 Å². The van der Waals surface area contributed by atoms with Crippen LogP contribution < -0.4 is 0 Å². The normalized spacial score (nSPS) is 36.1. The van der Waals surface area contributed by atoms with E-state index in [1.165, 1.54) is 11.8 Å². The lowest BCUT2D eigenvalue weighted by Gasteiger charge is -2.33. The zero-order valence-electron chi connectivity index (χ0n) is 6.29. The van der Waals surface area contributed by atoms with Gasteiger partial charge in [-0.1, -0.05) is 11.8 Å². The fourth-order valence-electron chi connectivity index (χ4n) is 1.17. The largest absolute Gasteiger partial charge is 0.478 e. The van der Waals surface area contributed by atoms with Crippen LogP contribution in [0, 0.1) is 5.41 Å². The lowest BCUT2D eigenvalue weighted by molar-refractivity contribution is -0.117. The minimum absolute atomic E-state index is 0.193. The third kappa shape index (κ3) is 0.888. The fourth-order valence-corrected chi connectivity index (χ4v) is 2.07. The molecule has 2 rings (SSSR count). The number of hydrogen-bond acceptors (Lipinski definition) is 4. The number of carbonyl (C=O) groups excluding carboxylic acids is 1. The van der Waals surface area contributed by atoms with Crippen LogP contribution in [-0.2, 0) is 9.53 Å². The molecule has 0 spiro atoms. The van der Waals surface area contributed by atoms with Gasteiger partial charge in [0.1, 0.15) is 12.0 Å². The second-order valence-electron chi connectivity index (χ2n) is 2.94. The van der Waals surface area contributed by atoms with Gasteiger partial charge in [0.15, 0.2) is 5.90 Å². The molecule has 1 atom stereocenters. The molecule has 0 saturated carbocycles. The molecule has 0 amide bonds. The number of hydrogen-bond donors (Lipinski definition) is 0. The van der Waals surface area contributed by atoms with Crippen molar-refractivity contribution in [3.63, 3.8) is 0 Å². The van der Waals surface area contributed by atoms with E-state index in [0.29, 0.717) is 19.0 Å². The standard InChI is InChI=1S/C7H9NO2S/c1-7(4-11-6(7)9)5-8-2-3-10-5/h2-4H2,1H3/t7-/m1/s1. The van der Waals surface area contributed by atoms with Gasteiger partial charge in [0.05, 0.1) is 6.54 Å². The Hall–Kier alpha value is -0.510. The summed E-state index contributed by atoms with van der Waals surface area (Å²) >= 11 is 1.35. The van der Waals surface area contributed by atoms with Crippen LogP contribution in [0.1, 0.15) is 6.92 Å². The quantitative estimate of drug-likeness (QED) is 0.582. The van der Waals surface area contributed by atoms with Crippen molar-refractivity contribution in [2.24, 2.45) is 10.4 Å². The summed E-state index contributed by atoms with van der Waals surface area (Å²) in [4.78, 5) is 15.3. The van der Waals surface area contributed by atoms with Gasteiger partial charge in [0.2, 0.25) is 5.12 Å². The summed E-state index contributed by atoms with van der Waals surface area (Å²) in [6.07, 6.45) is 0. The van der Waals surface area contributed by atoms with E-state index >= 15 is 0 Å². The second-order valence-corrected chi connectivity index (χ2v) is 3.89. The van der Waals surface area contributed by atoms with Gasteiger partial charge in [-0.25, -0.2) is 0 Å². The maximum atomic E-state index is 11.1. The number of thioether (sulfide) groups is 1. The van der Waals surface area contributed by atoms with E-state index in [2.05, 4.69) is 4.99 Å². The molecule has 11 heavy (non-hydrogen) atoms. The highest BCUT2D eigenvalue weighted by Crippen LogP contribution is 2.41. The minimum atomic E-state index is -0.388. The van der Waals surface area contributed by atoms with Crippen LogP contribution in [0.4, 0.5) is 0 Å². The number of carbonyl (C=O) groups is 1. The molecule has 3 nitrogen and oxygen atoms in total. The van der Waals surface area contributed by atoms with E-state index in [-0.39, 0.29) is 10.5 Å². The van der Waals surface area contributed by atoms with Gasteiger partial charge >= 0.3 is 0 Å². The third-order valence-electron chi connectivity index (χ3n) is 2.00. The molecule has 2 aliphatic rings. The van der Waals surface area contributed by atoms with Gasteiger partial charge < -0.3 is 4.74 Å². The first kappa shape index (κ1) is 7.16. The van der Waals surface area contributed by atoms with Gasteiger partial charge in [0.25, 0.3) is 0 Å². The summed E-state index contributed by atoms with van der Waals surface area (Å²) in [5, 5.41) is 0.193. The Labute approximate surface area is 69.2 Å². The van der Waals surface area contributed by atoms with Crippen molar-refractivity contribution in [1.29, 1.82) is 0 Å². The summed E-state index contributed by atoms with van der Waals surface area (Å²) < 4.78 is 5.25. The molecule has 2 heterocycles. The van der Waals surface area contributed by atoms with Crippen molar-refractivity contribution in [2.45, 2.75) is 6.92 Å². The van der Waals surface area contributed by atoms with Gasteiger partial charge in [-0.05, 0) is 6.92 Å². The number of aliphatic imine (C=N–C) groups is 1. The molecule has 0 aromatic heterocycles. The van der Waals surface area contributed by atoms with Crippen LogP contribution >= 0.6 is 11.8 Å². The minimum Gasteiger partial charge on any atom is -0.478 e. The molecular formula is C7H9NO2S. The highest BCUT2D eigenvalue weighted by molar-refractivity contribution is 8.16. The average Bonchev–Trinajstić information content (AvgIpc) is 2.52. The van der Waals surface area contributed by atoms with Crippen LogP contribution in [0.15, 0.2) is 4.99 Å². The highest BCUT2D eigenvalue weighted by Gasteiger charge is 2.49. The monoisotopic (exact) mass is 171 g/mol. The Kier molecular flexibility index (Phi) is 1.45. The lowest BCUT2D eigenvalue weighted by atomic mass is 9.94. The molecule has 0 unspecified atom stereocenters. The third-order valence-corrected chi connectivity index (χ3v) is 3.43. The van der Waals surface area contributed by atoms with Gasteiger partial charge in [0, 0.05) is 5.75 Å². The highest BCUT2D eigenvalue weighted by atomic mass is 32.2. The molecule has 0 aromatic rings. The van der Waals surface area contributed by atoms with Crippen LogP contribution in [0.5, 0.6) is 0 Å². The first-order valence-electron chi connectivity index (χ1n) is 3.58. The molecule has 60 valence electrons. The summed E-state index contributed by atoms with van der Waals surface area (Å²) in [6.45, 7) is 3.25. The number of rotatable bonds is 1. The maximum Gasteiger partial charge on any atom is 0.204 e. The Balaban J connectivity index is 2.19. The first-order chi connectivity index (χ1) is 5.23. The zero-order valence-corrected chi connectivity index (χ0v) is 7.11. The lowest BCUT2D eigenvalue weighted by Crippen LogP contribution is -2.45. The summed E-state index contributed by atoms with van der Waals surface area (Å²) in [5.74, 6) is 1.48. The van der Waals surface area contributed by atoms with E-state index in [1.807, 2.05) is 6.92 Å². The van der Waals surface area contributed by atoms with Crippen molar-refractivity contribution in [3.8, 4) is 0 Å². The summed E-state index contributed by atoms with van der Waals surface area (Å²) in [6, 6.07) is 0. The molecule has 0 aromatic carbocycles. The summed E-state index contributed by atoms with van der Waals surface area (Å²) in [5.41, 5.74) is -0.388. The fraction of sp³-hybridized carbons (Fsp3) is 0.714. The van der Waals surface area contributed by atoms with Crippen molar-refractivity contribution in [3.05, 3.63) is 0 Å². The molecule has 1 fully saturated rings. The van der Waals surface area contributed by atoms with Crippen molar-refractivity contribution >= 4 is 22.8 Å². The Morgan fingerprint density at radius 2 is 2.55 bits per heavy atom. The average molecular weight is 171 g/mol. The molecule has 2 aliphatic heterocycles. The van der Waals surface area contributed by atoms with Crippen LogP contribution in [0.2, 0.25) is 0 Å². The summed E-state index contributed by atoms with van der Waals surface area (Å²) in [7, 11) is 0. The maximum absolute atomic E-state index is 11.1. The Morgan fingerprint density at radius 1 is 1.73 bits per heavy atom. The van der Waals surface area contributed by atoms with E-state index in [0.717, 1.165) is 5.75 Å². The van der Waals surface area contributed by atoms with Crippen LogP contribution in [0.3, 0.4) is 0 Å². The van der Waals surface area contributed by atoms with Crippen LogP contribution in [0.25, 0.3) is 0 Å². The van der Waals surface area contributed by atoms with E-state index in [1.54, 1.807) is 0 Å². The molecule has 0 bridgehead atoms. The predicted molar refractivity (Wildman–Crippen MR) is 43.8 cm³/mol. The van der Waals surface area contributed by atoms with Crippen molar-refractivity contribution in [2.75, 3.05) is 18.9 Å². The molecule has 0 aliphatic carbocycles. The second kappa shape index (κ2) is 2.24. The predicted octanol–water partition coefficient (Wildman–Crippen LogP) is 0.695.